The van der Waals surface area contributed by atoms with E-state index < -0.39 is 6.10 Å². The smallest absolute Gasteiger partial charge is 0.220 e. The number of nitrogens with two attached hydrogens (primary N) is 1. The fourth-order valence-electron chi connectivity index (χ4n) is 4.57. The third-order valence-electron chi connectivity index (χ3n) is 6.48. The lowest BCUT2D eigenvalue weighted by Gasteiger charge is -2.29. The van der Waals surface area contributed by atoms with Gasteiger partial charge in [-0.05, 0) is 36.8 Å². The zero-order valence-electron chi connectivity index (χ0n) is 19.5. The molecule has 2 heterocycles. The van der Waals surface area contributed by atoms with Crippen LogP contribution in [0.4, 0.5) is 0 Å². The summed E-state index contributed by atoms with van der Waals surface area (Å²) in [6.07, 6.45) is 0.849. The number of amides is 1. The molecule has 2 aromatic carbocycles. The number of piperidine rings is 1. The number of likely N-dealkylation sites (tertiary alicyclic amines) is 1. The Bertz CT molecular complexity index is 1210. The average molecular weight is 468 g/mol. The van der Waals surface area contributed by atoms with Gasteiger partial charge in [-0.25, -0.2) is 0 Å². The Balaban J connectivity index is 1.42. The van der Waals surface area contributed by atoms with Crippen LogP contribution in [0.3, 0.4) is 0 Å². The van der Waals surface area contributed by atoms with E-state index in [0.29, 0.717) is 40.3 Å². The fourth-order valence-corrected chi connectivity index (χ4v) is 4.57. The first-order chi connectivity index (χ1) is 16.4. The van der Waals surface area contributed by atoms with Crippen molar-refractivity contribution in [3.8, 4) is 22.6 Å². The second-order valence-corrected chi connectivity index (χ2v) is 8.84. The molecule has 1 atom stereocenters. The Morgan fingerprint density at radius 2 is 1.85 bits per heavy atom. The summed E-state index contributed by atoms with van der Waals surface area (Å²) in [4.78, 5) is 25.7. The molecule has 0 radical (unpaired) electrons. The number of ether oxygens (including phenoxy) is 2. The van der Waals surface area contributed by atoms with Crippen LogP contribution in [0, 0.1) is 12.8 Å². The second-order valence-electron chi connectivity index (χ2n) is 8.84. The molecule has 34 heavy (non-hydrogen) atoms. The molecule has 180 valence electrons. The van der Waals surface area contributed by atoms with E-state index in [2.05, 4.69) is 0 Å². The molecule has 0 spiro atoms. The van der Waals surface area contributed by atoms with Crippen LogP contribution in [0.5, 0.6) is 11.5 Å². The number of aliphatic hydroxyl groups excluding tert-OH is 1. The van der Waals surface area contributed by atoms with Crippen molar-refractivity contribution < 1.29 is 28.7 Å². The number of nitrogens with one attached hydrogen (secondary N) is 1. The minimum Gasteiger partial charge on any atom is -0.497 e. The predicted molar refractivity (Wildman–Crippen MR) is 128 cm³/mol. The van der Waals surface area contributed by atoms with Gasteiger partial charge in [0.05, 0.1) is 31.1 Å². The zero-order chi connectivity index (χ0) is 24.2. The first kappa shape index (κ1) is 23.8. The lowest BCUT2D eigenvalue weighted by Crippen LogP contribution is -3.14. The van der Waals surface area contributed by atoms with Crippen molar-refractivity contribution in [1.82, 2.24) is 0 Å². The van der Waals surface area contributed by atoms with Gasteiger partial charge in [0, 0.05) is 24.8 Å². The van der Waals surface area contributed by atoms with Crippen LogP contribution in [-0.2, 0) is 4.79 Å². The summed E-state index contributed by atoms with van der Waals surface area (Å²) in [5.74, 6) is 1.46. The van der Waals surface area contributed by atoms with Gasteiger partial charge in [0.2, 0.25) is 11.3 Å². The molecule has 1 aliphatic rings. The largest absolute Gasteiger partial charge is 0.497 e. The molecule has 0 saturated carbocycles. The lowest BCUT2D eigenvalue weighted by atomic mass is 9.96. The van der Waals surface area contributed by atoms with Gasteiger partial charge in [0.1, 0.15) is 42.1 Å². The van der Waals surface area contributed by atoms with E-state index >= 15 is 0 Å². The minimum atomic E-state index is -0.651. The number of benzene rings is 2. The average Bonchev–Trinajstić information content (AvgIpc) is 2.83. The van der Waals surface area contributed by atoms with Gasteiger partial charge >= 0.3 is 0 Å². The highest BCUT2D eigenvalue weighted by Gasteiger charge is 2.27. The Morgan fingerprint density at radius 3 is 2.50 bits per heavy atom. The monoisotopic (exact) mass is 467 g/mol. The number of rotatable bonds is 8. The Morgan fingerprint density at radius 1 is 1.18 bits per heavy atom. The second kappa shape index (κ2) is 10.3. The molecule has 1 fully saturated rings. The van der Waals surface area contributed by atoms with E-state index in [-0.39, 0.29) is 23.9 Å². The molecule has 1 saturated heterocycles. The molecule has 3 aromatic rings. The summed E-state index contributed by atoms with van der Waals surface area (Å²) < 4.78 is 16.9. The summed E-state index contributed by atoms with van der Waals surface area (Å²) in [7, 11) is 1.60. The summed E-state index contributed by atoms with van der Waals surface area (Å²) in [6, 6.07) is 12.4. The molecule has 0 unspecified atom stereocenters. The van der Waals surface area contributed by atoms with E-state index in [9.17, 15) is 14.7 Å². The Hall–Kier alpha value is -3.36. The van der Waals surface area contributed by atoms with Crippen molar-refractivity contribution in [3.63, 3.8) is 0 Å². The van der Waals surface area contributed by atoms with Gasteiger partial charge in [0.15, 0.2) is 0 Å². The maximum Gasteiger partial charge on any atom is 0.220 e. The summed E-state index contributed by atoms with van der Waals surface area (Å²) >= 11 is 0. The highest BCUT2D eigenvalue weighted by atomic mass is 16.5. The SMILES string of the molecule is COc1ccc(-c2c(C)oc3cc(OC[C@@H](O)C[NH+]4CCC(C(N)=O)CC4)ccc3c2=O)cc1. The van der Waals surface area contributed by atoms with Crippen molar-refractivity contribution in [2.45, 2.75) is 25.9 Å². The molecule has 4 N–H and O–H groups in total. The molecular weight excluding hydrogens is 436 g/mol. The van der Waals surface area contributed by atoms with E-state index in [1.54, 1.807) is 32.2 Å². The third kappa shape index (κ3) is 5.24. The van der Waals surface area contributed by atoms with Crippen molar-refractivity contribution >= 4 is 16.9 Å². The number of quaternary nitrogens is 1. The van der Waals surface area contributed by atoms with Crippen LogP contribution in [0.25, 0.3) is 22.1 Å². The lowest BCUT2D eigenvalue weighted by molar-refractivity contribution is -0.908. The fraction of sp³-hybridized carbons (Fsp3) is 0.385. The van der Waals surface area contributed by atoms with Gasteiger partial charge in [-0.2, -0.15) is 0 Å². The van der Waals surface area contributed by atoms with Gasteiger partial charge in [-0.1, -0.05) is 12.1 Å². The maximum absolute atomic E-state index is 13.2. The number of fused-ring (bicyclic) bond motifs is 1. The number of methoxy groups -OCH3 is 1. The first-order valence-electron chi connectivity index (χ1n) is 11.5. The number of hydrogen-bond donors (Lipinski definition) is 3. The quantitative estimate of drug-likeness (QED) is 0.460. The zero-order valence-corrected chi connectivity index (χ0v) is 19.5. The van der Waals surface area contributed by atoms with Crippen molar-refractivity contribution in [2.24, 2.45) is 11.7 Å². The highest BCUT2D eigenvalue weighted by Crippen LogP contribution is 2.27. The molecule has 8 nitrogen and oxygen atoms in total. The highest BCUT2D eigenvalue weighted by molar-refractivity contribution is 5.83. The number of aliphatic hydroxyl groups is 1. The van der Waals surface area contributed by atoms with E-state index in [1.807, 2.05) is 24.3 Å². The van der Waals surface area contributed by atoms with Crippen LogP contribution >= 0.6 is 0 Å². The molecule has 4 rings (SSSR count). The van der Waals surface area contributed by atoms with E-state index in [4.69, 9.17) is 19.6 Å². The Labute approximate surface area is 197 Å². The molecule has 1 amide bonds. The molecule has 0 bridgehead atoms. The molecule has 1 aromatic heterocycles. The standard InChI is InChI=1S/C26H30N2O6/c1-16-24(17-3-5-20(32-2)6-4-17)25(30)22-8-7-21(13-23(22)34-16)33-15-19(29)14-28-11-9-18(10-12-28)26(27)31/h3-8,13,18-19,29H,9-12,14-15H2,1-2H3,(H2,27,31)/p+1/t19-/m0/s1. The van der Waals surface area contributed by atoms with Crippen molar-refractivity contribution in [1.29, 1.82) is 0 Å². The number of hydrogen-bond acceptors (Lipinski definition) is 6. The van der Waals surface area contributed by atoms with Gasteiger partial charge in [-0.15, -0.1) is 0 Å². The normalized spacial score (nSPS) is 19.0. The molecule has 8 heteroatoms. The third-order valence-corrected chi connectivity index (χ3v) is 6.48. The summed E-state index contributed by atoms with van der Waals surface area (Å²) in [6.45, 7) is 4.05. The molecule has 0 aliphatic carbocycles. The van der Waals surface area contributed by atoms with Crippen molar-refractivity contribution in [3.05, 3.63) is 58.4 Å². The summed E-state index contributed by atoms with van der Waals surface area (Å²) in [5, 5.41) is 10.9. The van der Waals surface area contributed by atoms with Crippen LogP contribution in [0.15, 0.2) is 51.7 Å². The predicted octanol–water partition coefficient (Wildman–Crippen LogP) is 1.30. The van der Waals surface area contributed by atoms with E-state index in [1.165, 1.54) is 4.90 Å². The summed E-state index contributed by atoms with van der Waals surface area (Å²) in [5.41, 5.74) is 6.99. The Kier molecular flexibility index (Phi) is 7.19. The number of primary amides is 1. The van der Waals surface area contributed by atoms with Crippen LogP contribution in [0.2, 0.25) is 0 Å². The van der Waals surface area contributed by atoms with Gasteiger partial charge < -0.3 is 29.6 Å². The first-order valence-corrected chi connectivity index (χ1v) is 11.5. The number of carbonyl (C=O) groups is 1. The number of aryl methyl sites for hydroxylation is 1. The van der Waals surface area contributed by atoms with Crippen molar-refractivity contribution in [2.75, 3.05) is 33.4 Å². The van der Waals surface area contributed by atoms with Crippen LogP contribution in [0.1, 0.15) is 18.6 Å². The molecule has 1 aliphatic heterocycles. The van der Waals surface area contributed by atoms with Crippen LogP contribution in [-0.4, -0.2) is 50.5 Å². The molecular formula is C26H31N2O6+. The number of carbonyl (C=O) groups excluding carboxylic acids is 1. The van der Waals surface area contributed by atoms with Gasteiger partial charge in [0.25, 0.3) is 0 Å². The maximum atomic E-state index is 13.2. The topological polar surface area (TPSA) is 116 Å². The van der Waals surface area contributed by atoms with E-state index in [0.717, 1.165) is 31.5 Å². The van der Waals surface area contributed by atoms with Crippen LogP contribution < -0.4 is 25.5 Å². The van der Waals surface area contributed by atoms with Gasteiger partial charge in [-0.3, -0.25) is 9.59 Å². The minimum absolute atomic E-state index is 0.0573.